The number of aromatic nitrogens is 2. The molecule has 1 saturated carbocycles. The van der Waals surface area contributed by atoms with Gasteiger partial charge in [0.1, 0.15) is 5.82 Å². The average molecular weight is 290 g/mol. The fourth-order valence-corrected chi connectivity index (χ4v) is 2.91. The second-order valence-electron chi connectivity index (χ2n) is 5.73. The number of rotatable bonds is 2. The highest BCUT2D eigenvalue weighted by Crippen LogP contribution is 2.32. The molecule has 2 atom stereocenters. The summed E-state index contributed by atoms with van der Waals surface area (Å²) in [5.41, 5.74) is 1.53. The second kappa shape index (κ2) is 5.93. The Kier molecular flexibility index (Phi) is 4.01. The van der Waals surface area contributed by atoms with Gasteiger partial charge in [0.25, 0.3) is 0 Å². The fraction of sp³-hybridized carbons (Fsp3) is 0.500. The van der Waals surface area contributed by atoms with E-state index in [1.807, 2.05) is 6.92 Å². The molecule has 1 aliphatic rings. The standard InChI is InChI=1S/C16H19FN2O2/c1-10-7-8-11(17)9-13(10)15-18-16(21-19-15)12-5-3-2-4-6-14(12)20/h7-9,12,14,20H,2-6H2,1H3. The summed E-state index contributed by atoms with van der Waals surface area (Å²) in [6.45, 7) is 1.88. The van der Waals surface area contributed by atoms with Crippen LogP contribution in [0.5, 0.6) is 0 Å². The summed E-state index contributed by atoms with van der Waals surface area (Å²) in [5.74, 6) is 0.417. The molecule has 0 spiro atoms. The van der Waals surface area contributed by atoms with Gasteiger partial charge >= 0.3 is 0 Å². The zero-order valence-corrected chi connectivity index (χ0v) is 12.1. The normalized spacial score (nSPS) is 23.0. The van der Waals surface area contributed by atoms with Crippen molar-refractivity contribution in [1.29, 1.82) is 0 Å². The fourth-order valence-electron chi connectivity index (χ4n) is 2.91. The van der Waals surface area contributed by atoms with E-state index in [9.17, 15) is 9.50 Å². The van der Waals surface area contributed by atoms with Gasteiger partial charge in [-0.2, -0.15) is 4.98 Å². The molecule has 1 fully saturated rings. The SMILES string of the molecule is Cc1ccc(F)cc1-c1noc(C2CCCCCC2O)n1. The number of aliphatic hydroxyl groups excluding tert-OH is 1. The zero-order chi connectivity index (χ0) is 14.8. The maximum atomic E-state index is 13.4. The zero-order valence-electron chi connectivity index (χ0n) is 12.1. The number of hydrogen-bond donors (Lipinski definition) is 1. The van der Waals surface area contributed by atoms with Crippen molar-refractivity contribution in [3.8, 4) is 11.4 Å². The first-order valence-corrected chi connectivity index (χ1v) is 7.43. The van der Waals surface area contributed by atoms with Crippen molar-refractivity contribution in [2.75, 3.05) is 0 Å². The first-order chi connectivity index (χ1) is 10.1. The van der Waals surface area contributed by atoms with Crippen LogP contribution in [0, 0.1) is 12.7 Å². The summed E-state index contributed by atoms with van der Waals surface area (Å²) < 4.78 is 18.7. The number of aryl methyl sites for hydroxylation is 1. The van der Waals surface area contributed by atoms with Gasteiger partial charge in [-0.3, -0.25) is 0 Å². The molecular formula is C16H19FN2O2. The van der Waals surface area contributed by atoms with Gasteiger partial charge in [-0.15, -0.1) is 0 Å². The number of benzene rings is 1. The highest BCUT2D eigenvalue weighted by Gasteiger charge is 2.28. The first-order valence-electron chi connectivity index (χ1n) is 7.43. The van der Waals surface area contributed by atoms with Crippen LogP contribution in [0.15, 0.2) is 22.7 Å². The molecule has 1 aromatic carbocycles. The number of hydrogen-bond acceptors (Lipinski definition) is 4. The molecule has 1 aromatic heterocycles. The predicted molar refractivity (Wildman–Crippen MR) is 76.3 cm³/mol. The summed E-state index contributed by atoms with van der Waals surface area (Å²) in [6, 6.07) is 4.52. The van der Waals surface area contributed by atoms with Gasteiger partial charge in [-0.25, -0.2) is 4.39 Å². The third-order valence-corrected chi connectivity index (χ3v) is 4.18. The average Bonchev–Trinajstić information content (AvgIpc) is 2.84. The van der Waals surface area contributed by atoms with E-state index in [2.05, 4.69) is 10.1 Å². The van der Waals surface area contributed by atoms with Gasteiger partial charge < -0.3 is 9.63 Å². The molecule has 0 saturated heterocycles. The summed E-state index contributed by atoms with van der Waals surface area (Å²) in [4.78, 5) is 4.39. The lowest BCUT2D eigenvalue weighted by Crippen LogP contribution is -2.17. The van der Waals surface area contributed by atoms with Crippen LogP contribution in [0.25, 0.3) is 11.4 Å². The van der Waals surface area contributed by atoms with Crippen LogP contribution in [0.3, 0.4) is 0 Å². The molecule has 0 bridgehead atoms. The van der Waals surface area contributed by atoms with Crippen LogP contribution in [0.2, 0.25) is 0 Å². The highest BCUT2D eigenvalue weighted by atomic mass is 19.1. The first kappa shape index (κ1) is 14.2. The van der Waals surface area contributed by atoms with Gasteiger partial charge in [-0.1, -0.05) is 30.5 Å². The minimum atomic E-state index is -0.436. The summed E-state index contributed by atoms with van der Waals surface area (Å²) in [7, 11) is 0. The summed E-state index contributed by atoms with van der Waals surface area (Å²) >= 11 is 0. The molecule has 112 valence electrons. The molecule has 1 N–H and O–H groups in total. The second-order valence-corrected chi connectivity index (χ2v) is 5.73. The molecule has 1 heterocycles. The van der Waals surface area contributed by atoms with Crippen LogP contribution >= 0.6 is 0 Å². The monoisotopic (exact) mass is 290 g/mol. The Bertz CT molecular complexity index is 626. The lowest BCUT2D eigenvalue weighted by Gasteiger charge is -2.15. The van der Waals surface area contributed by atoms with Crippen molar-refractivity contribution in [3.63, 3.8) is 0 Å². The molecule has 2 unspecified atom stereocenters. The maximum absolute atomic E-state index is 13.4. The topological polar surface area (TPSA) is 59.2 Å². The molecule has 2 aromatic rings. The Hall–Kier alpha value is -1.75. The van der Waals surface area contributed by atoms with E-state index in [4.69, 9.17) is 4.52 Å². The van der Waals surface area contributed by atoms with Gasteiger partial charge in [0.05, 0.1) is 12.0 Å². The molecule has 0 radical (unpaired) electrons. The van der Waals surface area contributed by atoms with Crippen LogP contribution in [-0.4, -0.2) is 21.4 Å². The molecule has 5 heteroatoms. The summed E-state index contributed by atoms with van der Waals surface area (Å²) in [5, 5.41) is 14.2. The van der Waals surface area contributed by atoms with Crippen LogP contribution in [0.4, 0.5) is 4.39 Å². The molecule has 21 heavy (non-hydrogen) atoms. The van der Waals surface area contributed by atoms with Crippen molar-refractivity contribution in [2.45, 2.75) is 51.0 Å². The molecule has 0 aliphatic heterocycles. The Labute approximate surface area is 123 Å². The van der Waals surface area contributed by atoms with Crippen molar-refractivity contribution in [2.24, 2.45) is 0 Å². The molecule has 1 aliphatic carbocycles. The van der Waals surface area contributed by atoms with E-state index in [0.717, 1.165) is 37.7 Å². The molecule has 4 nitrogen and oxygen atoms in total. The molecule has 0 amide bonds. The molecule has 3 rings (SSSR count). The highest BCUT2D eigenvalue weighted by molar-refractivity contribution is 5.59. The number of nitrogens with zero attached hydrogens (tertiary/aromatic N) is 2. The van der Waals surface area contributed by atoms with Gasteiger partial charge in [0.15, 0.2) is 0 Å². The van der Waals surface area contributed by atoms with Crippen LogP contribution < -0.4 is 0 Å². The van der Waals surface area contributed by atoms with Gasteiger partial charge in [0.2, 0.25) is 11.7 Å². The van der Waals surface area contributed by atoms with E-state index in [1.54, 1.807) is 6.07 Å². The van der Waals surface area contributed by atoms with Crippen LogP contribution in [-0.2, 0) is 0 Å². The lowest BCUT2D eigenvalue weighted by molar-refractivity contribution is 0.119. The number of aliphatic hydroxyl groups is 1. The lowest BCUT2D eigenvalue weighted by atomic mass is 9.97. The van der Waals surface area contributed by atoms with E-state index in [0.29, 0.717) is 17.3 Å². The minimum absolute atomic E-state index is 0.109. The van der Waals surface area contributed by atoms with Gasteiger partial charge in [0, 0.05) is 5.56 Å². The van der Waals surface area contributed by atoms with E-state index >= 15 is 0 Å². The third-order valence-electron chi connectivity index (χ3n) is 4.18. The van der Waals surface area contributed by atoms with Crippen molar-refractivity contribution in [3.05, 3.63) is 35.5 Å². The third kappa shape index (κ3) is 2.97. The van der Waals surface area contributed by atoms with Crippen molar-refractivity contribution in [1.82, 2.24) is 10.1 Å². The Morgan fingerprint density at radius 1 is 1.24 bits per heavy atom. The smallest absolute Gasteiger partial charge is 0.232 e. The summed E-state index contributed by atoms with van der Waals surface area (Å²) in [6.07, 6.45) is 4.39. The maximum Gasteiger partial charge on any atom is 0.232 e. The van der Waals surface area contributed by atoms with Crippen LogP contribution in [0.1, 0.15) is 49.5 Å². The minimum Gasteiger partial charge on any atom is -0.392 e. The Balaban J connectivity index is 1.90. The Morgan fingerprint density at radius 3 is 2.90 bits per heavy atom. The Morgan fingerprint density at radius 2 is 2.05 bits per heavy atom. The van der Waals surface area contributed by atoms with E-state index in [-0.39, 0.29) is 11.7 Å². The predicted octanol–water partition coefficient (Wildman–Crippen LogP) is 3.59. The molecular weight excluding hydrogens is 271 g/mol. The van der Waals surface area contributed by atoms with E-state index < -0.39 is 6.10 Å². The largest absolute Gasteiger partial charge is 0.392 e. The quantitative estimate of drug-likeness (QED) is 0.859. The van der Waals surface area contributed by atoms with E-state index in [1.165, 1.54) is 12.1 Å². The van der Waals surface area contributed by atoms with Crippen molar-refractivity contribution < 1.29 is 14.0 Å². The van der Waals surface area contributed by atoms with Gasteiger partial charge in [-0.05, 0) is 37.5 Å². The van der Waals surface area contributed by atoms with Crippen molar-refractivity contribution >= 4 is 0 Å². The number of halogens is 1.